The summed E-state index contributed by atoms with van der Waals surface area (Å²) in [5, 5.41) is 74.7. The van der Waals surface area contributed by atoms with E-state index in [1.165, 1.54) is 25.7 Å². The Morgan fingerprint density at radius 3 is 1.93 bits per heavy atom. The molecule has 1 fully saturated rings. The first-order valence-electron chi connectivity index (χ1n) is 17.2. The predicted octanol–water partition coefficient (Wildman–Crippen LogP) is 2.76. The van der Waals surface area contributed by atoms with Crippen LogP contribution in [0.2, 0.25) is 0 Å². The van der Waals surface area contributed by atoms with E-state index in [1.807, 2.05) is 0 Å². The Hall–Kier alpha value is -1.41. The van der Waals surface area contributed by atoms with Crippen LogP contribution >= 0.6 is 0 Å². The number of allylic oxidation sites excluding steroid dienone is 4. The number of nitrogens with one attached hydrogen (secondary N) is 1. The molecule has 0 saturated carbocycles. The first kappa shape index (κ1) is 41.6. The highest BCUT2D eigenvalue weighted by Crippen LogP contribution is 2.23. The maximum absolute atomic E-state index is 12.9. The van der Waals surface area contributed by atoms with Crippen molar-refractivity contribution in [1.82, 2.24) is 5.32 Å². The monoisotopic (exact) mass is 645 g/mol. The summed E-state index contributed by atoms with van der Waals surface area (Å²) in [5.74, 6) is -0.728. The van der Waals surface area contributed by atoms with E-state index in [9.17, 15) is 40.5 Å². The SMILES string of the molecule is CCCC/C=C\CCCCCC(O)C(=O)NC(COC1OC(CO)C(O)C(O)C1O)C(O)C(O)CCC/C=C/CCCCCC. The number of amides is 1. The van der Waals surface area contributed by atoms with E-state index in [4.69, 9.17) is 9.47 Å². The highest BCUT2D eigenvalue weighted by molar-refractivity contribution is 5.80. The van der Waals surface area contributed by atoms with Gasteiger partial charge in [0, 0.05) is 0 Å². The molecule has 45 heavy (non-hydrogen) atoms. The fourth-order valence-corrected chi connectivity index (χ4v) is 5.18. The lowest BCUT2D eigenvalue weighted by Crippen LogP contribution is -2.60. The van der Waals surface area contributed by atoms with Gasteiger partial charge in [-0.05, 0) is 57.8 Å². The van der Waals surface area contributed by atoms with Gasteiger partial charge in [0.25, 0.3) is 0 Å². The number of aliphatic hydroxyl groups is 7. The molecule has 1 heterocycles. The summed E-state index contributed by atoms with van der Waals surface area (Å²) < 4.78 is 10.9. The van der Waals surface area contributed by atoms with Crippen molar-refractivity contribution in [3.05, 3.63) is 24.3 Å². The van der Waals surface area contributed by atoms with Gasteiger partial charge in [0.05, 0.1) is 25.4 Å². The molecular weight excluding hydrogens is 582 g/mol. The van der Waals surface area contributed by atoms with Crippen molar-refractivity contribution in [3.63, 3.8) is 0 Å². The number of hydrogen-bond donors (Lipinski definition) is 8. The minimum Gasteiger partial charge on any atom is -0.394 e. The van der Waals surface area contributed by atoms with Gasteiger partial charge in [-0.3, -0.25) is 4.79 Å². The molecule has 1 saturated heterocycles. The maximum Gasteiger partial charge on any atom is 0.249 e. The highest BCUT2D eigenvalue weighted by Gasteiger charge is 2.44. The molecule has 1 amide bonds. The maximum atomic E-state index is 12.9. The molecule has 0 bridgehead atoms. The minimum atomic E-state index is -1.66. The van der Waals surface area contributed by atoms with E-state index in [0.29, 0.717) is 12.8 Å². The van der Waals surface area contributed by atoms with E-state index in [2.05, 4.69) is 43.5 Å². The van der Waals surface area contributed by atoms with E-state index in [-0.39, 0.29) is 12.8 Å². The van der Waals surface area contributed by atoms with Crippen LogP contribution in [-0.2, 0) is 14.3 Å². The zero-order valence-corrected chi connectivity index (χ0v) is 27.6. The molecule has 0 aliphatic carbocycles. The Balaban J connectivity index is 2.69. The number of carbonyl (C=O) groups is 1. The Bertz CT molecular complexity index is 795. The van der Waals surface area contributed by atoms with Gasteiger partial charge in [0.2, 0.25) is 5.91 Å². The molecule has 0 aromatic rings. The molecular formula is C34H63NO10. The summed E-state index contributed by atoms with van der Waals surface area (Å²) in [6, 6.07) is -1.18. The second-order valence-electron chi connectivity index (χ2n) is 12.2. The fraction of sp³-hybridized carbons (Fsp3) is 0.853. The van der Waals surface area contributed by atoms with Crippen LogP contribution in [-0.4, -0.2) is 110 Å². The van der Waals surface area contributed by atoms with Crippen molar-refractivity contribution < 1.29 is 50.0 Å². The largest absolute Gasteiger partial charge is 0.394 e. The number of unbranched alkanes of at least 4 members (excludes halogenated alkanes) is 10. The molecule has 1 rings (SSSR count). The Morgan fingerprint density at radius 1 is 0.756 bits per heavy atom. The molecule has 9 atom stereocenters. The molecule has 1 aliphatic heterocycles. The summed E-state index contributed by atoms with van der Waals surface area (Å²) in [6.07, 6.45) is 11.4. The quantitative estimate of drug-likeness (QED) is 0.0513. The molecule has 1 aliphatic rings. The molecule has 0 radical (unpaired) electrons. The average Bonchev–Trinajstić information content (AvgIpc) is 3.04. The zero-order valence-electron chi connectivity index (χ0n) is 27.6. The average molecular weight is 646 g/mol. The fourth-order valence-electron chi connectivity index (χ4n) is 5.18. The van der Waals surface area contributed by atoms with Gasteiger partial charge >= 0.3 is 0 Å². The van der Waals surface area contributed by atoms with Crippen molar-refractivity contribution in [2.45, 2.75) is 172 Å². The van der Waals surface area contributed by atoms with E-state index >= 15 is 0 Å². The van der Waals surface area contributed by atoms with Crippen LogP contribution in [0.25, 0.3) is 0 Å². The molecule has 0 spiro atoms. The van der Waals surface area contributed by atoms with E-state index < -0.39 is 74.2 Å². The summed E-state index contributed by atoms with van der Waals surface area (Å²) in [4.78, 5) is 12.9. The van der Waals surface area contributed by atoms with Gasteiger partial charge in [0.15, 0.2) is 6.29 Å². The third-order valence-corrected chi connectivity index (χ3v) is 8.23. The first-order valence-corrected chi connectivity index (χ1v) is 17.2. The van der Waals surface area contributed by atoms with Crippen molar-refractivity contribution in [3.8, 4) is 0 Å². The molecule has 0 aromatic heterocycles. The lowest BCUT2D eigenvalue weighted by Gasteiger charge is -2.40. The van der Waals surface area contributed by atoms with Gasteiger partial charge in [-0.25, -0.2) is 0 Å². The molecule has 264 valence electrons. The second-order valence-corrected chi connectivity index (χ2v) is 12.2. The zero-order chi connectivity index (χ0) is 33.5. The summed E-state index contributed by atoms with van der Waals surface area (Å²) in [6.45, 7) is 3.25. The predicted molar refractivity (Wildman–Crippen MR) is 173 cm³/mol. The van der Waals surface area contributed by atoms with Crippen molar-refractivity contribution in [1.29, 1.82) is 0 Å². The van der Waals surface area contributed by atoms with E-state index in [1.54, 1.807) is 0 Å². The Labute approximate surface area is 270 Å². The van der Waals surface area contributed by atoms with E-state index in [0.717, 1.165) is 51.4 Å². The molecule has 8 N–H and O–H groups in total. The Morgan fingerprint density at radius 2 is 1.33 bits per heavy atom. The molecule has 9 unspecified atom stereocenters. The highest BCUT2D eigenvalue weighted by atomic mass is 16.7. The summed E-state index contributed by atoms with van der Waals surface area (Å²) in [5.41, 5.74) is 0. The standard InChI is InChI=1S/C34H63NO10/c1-3-5-7-9-11-13-15-17-19-21-26(37)29(39)25(24-44-34-32(42)31(41)30(40)28(23-36)45-34)35-33(43)27(38)22-20-18-16-14-12-10-8-6-4-2/h10,12-13,15,25-32,34,36-42H,3-9,11,14,16-24H2,1-2H3,(H,35,43)/b12-10-,15-13+. The number of ether oxygens (including phenoxy) is 2. The first-order chi connectivity index (χ1) is 21.7. The third-order valence-electron chi connectivity index (χ3n) is 8.23. The van der Waals surface area contributed by atoms with Gasteiger partial charge < -0.3 is 50.5 Å². The number of carbonyl (C=O) groups excluding carboxylic acids is 1. The molecule has 11 nitrogen and oxygen atoms in total. The van der Waals surface area contributed by atoms with Crippen LogP contribution in [0, 0.1) is 0 Å². The minimum absolute atomic E-state index is 0.231. The number of rotatable bonds is 26. The summed E-state index contributed by atoms with van der Waals surface area (Å²) in [7, 11) is 0. The normalized spacial score (nSPS) is 25.0. The smallest absolute Gasteiger partial charge is 0.249 e. The Kier molecular flexibility index (Phi) is 23.7. The molecule has 0 aromatic carbocycles. The summed E-state index contributed by atoms with van der Waals surface area (Å²) >= 11 is 0. The number of hydrogen-bond acceptors (Lipinski definition) is 10. The van der Waals surface area contributed by atoms with Gasteiger partial charge in [0.1, 0.15) is 36.6 Å². The lowest BCUT2D eigenvalue weighted by atomic mass is 9.98. The van der Waals surface area contributed by atoms with Gasteiger partial charge in [-0.15, -0.1) is 0 Å². The van der Waals surface area contributed by atoms with Crippen LogP contribution in [0.5, 0.6) is 0 Å². The second kappa shape index (κ2) is 25.7. The van der Waals surface area contributed by atoms with Crippen LogP contribution in [0.15, 0.2) is 24.3 Å². The number of aliphatic hydroxyl groups excluding tert-OH is 7. The van der Waals surface area contributed by atoms with Crippen molar-refractivity contribution in [2.24, 2.45) is 0 Å². The van der Waals surface area contributed by atoms with Gasteiger partial charge in [-0.1, -0.05) is 83.1 Å². The van der Waals surface area contributed by atoms with Gasteiger partial charge in [-0.2, -0.15) is 0 Å². The van der Waals surface area contributed by atoms with Crippen LogP contribution in [0.4, 0.5) is 0 Å². The van der Waals surface area contributed by atoms with Crippen molar-refractivity contribution >= 4 is 5.91 Å². The topological polar surface area (TPSA) is 189 Å². The van der Waals surface area contributed by atoms with Crippen LogP contribution in [0.1, 0.15) is 117 Å². The van der Waals surface area contributed by atoms with Crippen molar-refractivity contribution in [2.75, 3.05) is 13.2 Å². The third kappa shape index (κ3) is 17.4. The van der Waals surface area contributed by atoms with Crippen LogP contribution < -0.4 is 5.32 Å². The molecule has 11 heteroatoms. The lowest BCUT2D eigenvalue weighted by molar-refractivity contribution is -0.303. The van der Waals surface area contributed by atoms with Crippen LogP contribution in [0.3, 0.4) is 0 Å².